The maximum Gasteiger partial charge on any atom is 0.175 e. The van der Waals surface area contributed by atoms with E-state index in [2.05, 4.69) is 0 Å². The molecule has 1 atom stereocenters. The van der Waals surface area contributed by atoms with E-state index in [0.717, 1.165) is 6.07 Å². The van der Waals surface area contributed by atoms with Crippen molar-refractivity contribution >= 4 is 17.3 Å². The molecule has 1 aromatic carbocycles. The van der Waals surface area contributed by atoms with Crippen LogP contribution in [0.3, 0.4) is 0 Å². The lowest BCUT2D eigenvalue weighted by molar-refractivity contribution is -0.144. The number of allylic oxidation sites excluding steroid dienone is 2. The highest BCUT2D eigenvalue weighted by Gasteiger charge is 2.55. The number of rotatable bonds is 7. The van der Waals surface area contributed by atoms with Gasteiger partial charge >= 0.3 is 0 Å². The lowest BCUT2D eigenvalue weighted by atomic mass is 9.60. The van der Waals surface area contributed by atoms with Crippen LogP contribution in [-0.2, 0) is 9.59 Å². The number of aromatic hydroxyl groups is 3. The van der Waals surface area contributed by atoms with Gasteiger partial charge in [-0.2, -0.15) is 0 Å². The van der Waals surface area contributed by atoms with Crippen molar-refractivity contribution in [2.75, 3.05) is 0 Å². The van der Waals surface area contributed by atoms with E-state index in [-0.39, 0.29) is 41.4 Å². The quantitative estimate of drug-likeness (QED) is 0.326. The van der Waals surface area contributed by atoms with Crippen LogP contribution in [0.1, 0.15) is 90.1 Å². The molecule has 1 aliphatic carbocycles. The van der Waals surface area contributed by atoms with Gasteiger partial charge in [-0.25, -0.2) is 0 Å². The van der Waals surface area contributed by atoms with Crippen molar-refractivity contribution < 1.29 is 34.8 Å². The van der Waals surface area contributed by atoms with Gasteiger partial charge in [0.25, 0.3) is 0 Å². The van der Waals surface area contributed by atoms with E-state index in [1.54, 1.807) is 0 Å². The van der Waals surface area contributed by atoms with Crippen LogP contribution in [0.4, 0.5) is 0 Å². The summed E-state index contributed by atoms with van der Waals surface area (Å²) in [4.78, 5) is 39.2. The zero-order valence-electron chi connectivity index (χ0n) is 20.7. The Labute approximate surface area is 195 Å². The standard InChI is InChI=1S/C26H36O7/c1-12(2)9-14(19-22(31)25(5,6)24(33)26(7,8)23(19)32)18-16(28)11-17(29)20(21(18)30)15(27)10-13(3)4/h11-14,28-31H,9-10H2,1-8H3/t14-/m0/s1. The molecule has 0 fully saturated rings. The van der Waals surface area contributed by atoms with Crippen molar-refractivity contribution in [2.45, 2.75) is 74.1 Å². The van der Waals surface area contributed by atoms with E-state index in [1.165, 1.54) is 27.7 Å². The first-order valence-corrected chi connectivity index (χ1v) is 11.3. The van der Waals surface area contributed by atoms with Gasteiger partial charge in [-0.3, -0.25) is 14.4 Å². The summed E-state index contributed by atoms with van der Waals surface area (Å²) in [5, 5.41) is 43.3. The summed E-state index contributed by atoms with van der Waals surface area (Å²) in [6.07, 6.45) is 0.289. The number of carbonyl (C=O) groups excluding carboxylic acids is 3. The van der Waals surface area contributed by atoms with E-state index in [9.17, 15) is 34.8 Å². The largest absolute Gasteiger partial charge is 0.511 e. The van der Waals surface area contributed by atoms with Crippen LogP contribution in [0.15, 0.2) is 17.4 Å². The van der Waals surface area contributed by atoms with Gasteiger partial charge in [-0.05, 0) is 46.0 Å². The van der Waals surface area contributed by atoms with Crippen molar-refractivity contribution in [3.8, 4) is 17.2 Å². The molecule has 1 aromatic rings. The summed E-state index contributed by atoms with van der Waals surface area (Å²) < 4.78 is 0. The highest BCUT2D eigenvalue weighted by Crippen LogP contribution is 2.52. The van der Waals surface area contributed by atoms with Gasteiger partial charge in [-0.15, -0.1) is 0 Å². The molecule has 0 radical (unpaired) electrons. The molecule has 0 bridgehead atoms. The second-order valence-electron chi connectivity index (χ2n) is 10.9. The molecule has 0 heterocycles. The number of phenols is 3. The molecule has 4 N–H and O–H groups in total. The zero-order valence-corrected chi connectivity index (χ0v) is 20.7. The van der Waals surface area contributed by atoms with Gasteiger partial charge < -0.3 is 20.4 Å². The summed E-state index contributed by atoms with van der Waals surface area (Å²) in [5.74, 6) is -4.73. The topological polar surface area (TPSA) is 132 Å². The number of phenolic OH excluding ortho intramolecular Hbond substituents is 3. The molecule has 7 heteroatoms. The second kappa shape index (κ2) is 8.84. The number of ketones is 3. The zero-order chi connectivity index (χ0) is 25.6. The number of aliphatic hydroxyl groups excluding tert-OH is 1. The van der Waals surface area contributed by atoms with Crippen LogP contribution in [0.25, 0.3) is 0 Å². The van der Waals surface area contributed by atoms with E-state index < -0.39 is 57.1 Å². The normalized spacial score (nSPS) is 18.8. The molecule has 182 valence electrons. The van der Waals surface area contributed by atoms with Crippen LogP contribution in [0.2, 0.25) is 0 Å². The number of hydrogen-bond acceptors (Lipinski definition) is 7. The molecule has 2 rings (SSSR count). The Bertz CT molecular complexity index is 1030. The summed E-state index contributed by atoms with van der Waals surface area (Å²) in [6.45, 7) is 13.4. The fraction of sp³-hybridized carbons (Fsp3) is 0.577. The molecule has 0 aromatic heterocycles. The van der Waals surface area contributed by atoms with E-state index in [0.29, 0.717) is 0 Å². The van der Waals surface area contributed by atoms with E-state index >= 15 is 0 Å². The number of Topliss-reactive ketones (excluding diaryl/α,β-unsaturated/α-hetero) is 3. The maximum atomic E-state index is 13.5. The van der Waals surface area contributed by atoms with Gasteiger partial charge in [0.1, 0.15) is 28.6 Å². The van der Waals surface area contributed by atoms with Gasteiger partial charge in [-0.1, -0.05) is 27.7 Å². The minimum Gasteiger partial charge on any atom is -0.511 e. The number of carbonyl (C=O) groups is 3. The highest BCUT2D eigenvalue weighted by atomic mass is 16.3. The molecule has 0 unspecified atom stereocenters. The van der Waals surface area contributed by atoms with Crippen molar-refractivity contribution in [2.24, 2.45) is 22.7 Å². The third-order valence-electron chi connectivity index (χ3n) is 6.37. The van der Waals surface area contributed by atoms with E-state index in [4.69, 9.17) is 0 Å². The maximum absolute atomic E-state index is 13.5. The summed E-state index contributed by atoms with van der Waals surface area (Å²) in [5.41, 5.74) is -3.32. The van der Waals surface area contributed by atoms with Crippen molar-refractivity contribution in [3.63, 3.8) is 0 Å². The minimum absolute atomic E-state index is 0.0423. The fourth-order valence-electron chi connectivity index (χ4n) is 4.70. The Kier molecular flexibility index (Phi) is 7.08. The van der Waals surface area contributed by atoms with Crippen LogP contribution in [0.5, 0.6) is 17.2 Å². The van der Waals surface area contributed by atoms with Crippen molar-refractivity contribution in [3.05, 3.63) is 28.5 Å². The van der Waals surface area contributed by atoms with Crippen LogP contribution in [0, 0.1) is 22.7 Å². The Morgan fingerprint density at radius 3 is 1.91 bits per heavy atom. The van der Waals surface area contributed by atoms with Crippen LogP contribution < -0.4 is 0 Å². The smallest absolute Gasteiger partial charge is 0.175 e. The first kappa shape index (κ1) is 26.4. The second-order valence-corrected chi connectivity index (χ2v) is 10.9. The first-order valence-electron chi connectivity index (χ1n) is 11.3. The SMILES string of the molecule is CC(C)CC(=O)c1c(O)cc(O)c([C@H](CC(C)C)C2=C(O)C(C)(C)C(=O)C(C)(C)C2=O)c1O. The molecule has 0 saturated heterocycles. The van der Waals surface area contributed by atoms with Gasteiger partial charge in [0.05, 0.1) is 10.8 Å². The predicted molar refractivity (Wildman–Crippen MR) is 125 cm³/mol. The lowest BCUT2D eigenvalue weighted by Gasteiger charge is -2.41. The molecule has 0 saturated carbocycles. The summed E-state index contributed by atoms with van der Waals surface area (Å²) in [7, 11) is 0. The summed E-state index contributed by atoms with van der Waals surface area (Å²) >= 11 is 0. The third kappa shape index (κ3) is 4.50. The monoisotopic (exact) mass is 460 g/mol. The fourth-order valence-corrected chi connectivity index (χ4v) is 4.70. The molecular weight excluding hydrogens is 424 g/mol. The van der Waals surface area contributed by atoms with Crippen molar-refractivity contribution in [1.82, 2.24) is 0 Å². The Hall–Kier alpha value is -2.83. The molecule has 33 heavy (non-hydrogen) atoms. The first-order chi connectivity index (χ1) is 15.0. The molecule has 0 amide bonds. The lowest BCUT2D eigenvalue weighted by Crippen LogP contribution is -2.49. The third-order valence-corrected chi connectivity index (χ3v) is 6.37. The van der Waals surface area contributed by atoms with Crippen LogP contribution in [-0.4, -0.2) is 37.8 Å². The average molecular weight is 461 g/mol. The molecule has 0 spiro atoms. The number of aliphatic hydroxyl groups is 1. The Morgan fingerprint density at radius 1 is 0.879 bits per heavy atom. The highest BCUT2D eigenvalue weighted by molar-refractivity contribution is 6.19. The predicted octanol–water partition coefficient (Wildman–Crippen LogP) is 5.18. The van der Waals surface area contributed by atoms with Gasteiger partial charge in [0, 0.05) is 29.5 Å². The van der Waals surface area contributed by atoms with Gasteiger partial charge in [0.2, 0.25) is 0 Å². The van der Waals surface area contributed by atoms with Gasteiger partial charge in [0.15, 0.2) is 17.3 Å². The molecular formula is C26H36O7. The van der Waals surface area contributed by atoms with E-state index in [1.807, 2.05) is 27.7 Å². The molecule has 7 nitrogen and oxygen atoms in total. The van der Waals surface area contributed by atoms with Crippen LogP contribution >= 0.6 is 0 Å². The average Bonchev–Trinajstić information content (AvgIpc) is 2.64. The summed E-state index contributed by atoms with van der Waals surface area (Å²) in [6, 6.07) is 0.974. The molecule has 1 aliphatic rings. The minimum atomic E-state index is -1.43. The number of benzene rings is 1. The Balaban J connectivity index is 2.90. The molecule has 0 aliphatic heterocycles. The Morgan fingerprint density at radius 2 is 1.42 bits per heavy atom. The number of hydrogen-bond donors (Lipinski definition) is 4. The van der Waals surface area contributed by atoms with Crippen molar-refractivity contribution in [1.29, 1.82) is 0 Å².